The van der Waals surface area contributed by atoms with Gasteiger partial charge in [-0.15, -0.1) is 0 Å². The minimum Gasteiger partial charge on any atom is -0.396 e. The number of aliphatic hydroxyl groups excluding tert-OH is 5. The monoisotopic (exact) mass is 697 g/mol. The standard InChI is InChI=1S/C41H80N2O6/c1-3-5-7-9-11-13-15-17-19-21-23-25-27-29-37(45)36(32-42-35-31-34(33-44)39(47)41(49)40(35)48)43-38(46)30-28-26-24-22-20-18-16-14-12-10-8-6-4-2/h27,29,34-37,39-42,44-45,47-49H,3-26,28,30-33H2,1-2H3,(H,43,46)/b29-27+/t34-,35-,36+,37-,39-,40+,41+/m1/s1. The summed E-state index contributed by atoms with van der Waals surface area (Å²) in [6, 6.07) is -1.18. The Bertz CT molecular complexity index is 781. The van der Waals surface area contributed by atoms with E-state index in [-0.39, 0.29) is 25.5 Å². The summed E-state index contributed by atoms with van der Waals surface area (Å²) in [7, 11) is 0. The predicted octanol–water partition coefficient (Wildman–Crippen LogP) is 7.62. The fourth-order valence-corrected chi connectivity index (χ4v) is 7.12. The van der Waals surface area contributed by atoms with Gasteiger partial charge in [0.15, 0.2) is 0 Å². The molecular weight excluding hydrogens is 616 g/mol. The van der Waals surface area contributed by atoms with Crippen molar-refractivity contribution in [3.63, 3.8) is 0 Å². The minimum atomic E-state index is -1.37. The Kier molecular flexibility index (Phi) is 29.7. The van der Waals surface area contributed by atoms with Crippen molar-refractivity contribution in [2.75, 3.05) is 13.2 Å². The highest BCUT2D eigenvalue weighted by Gasteiger charge is 2.42. The average molecular weight is 697 g/mol. The fourth-order valence-electron chi connectivity index (χ4n) is 7.12. The van der Waals surface area contributed by atoms with Crippen molar-refractivity contribution in [3.05, 3.63) is 12.2 Å². The van der Waals surface area contributed by atoms with E-state index in [1.165, 1.54) is 128 Å². The van der Waals surface area contributed by atoms with Crippen LogP contribution in [0.4, 0.5) is 0 Å². The Hall–Kier alpha value is -1.03. The molecule has 0 aromatic carbocycles. The molecule has 290 valence electrons. The second kappa shape index (κ2) is 31.7. The lowest BCUT2D eigenvalue weighted by atomic mass is 9.79. The van der Waals surface area contributed by atoms with Gasteiger partial charge in [-0.05, 0) is 25.7 Å². The van der Waals surface area contributed by atoms with Crippen LogP contribution in [0, 0.1) is 5.92 Å². The largest absolute Gasteiger partial charge is 0.396 e. The fraction of sp³-hybridized carbons (Fsp3) is 0.927. The molecule has 0 heterocycles. The summed E-state index contributed by atoms with van der Waals surface area (Å²) in [5.41, 5.74) is 0. The number of rotatable bonds is 33. The summed E-state index contributed by atoms with van der Waals surface area (Å²) in [4.78, 5) is 12.9. The first-order chi connectivity index (χ1) is 23.8. The molecule has 0 unspecified atom stereocenters. The molecule has 49 heavy (non-hydrogen) atoms. The molecular formula is C41H80N2O6. The molecule has 1 amide bonds. The van der Waals surface area contributed by atoms with Crippen LogP contribution >= 0.6 is 0 Å². The molecule has 1 fully saturated rings. The number of unbranched alkanes of at least 4 members (excludes halogenated alkanes) is 23. The number of amides is 1. The maximum atomic E-state index is 12.9. The molecule has 8 nitrogen and oxygen atoms in total. The van der Waals surface area contributed by atoms with E-state index in [4.69, 9.17) is 0 Å². The van der Waals surface area contributed by atoms with Crippen molar-refractivity contribution < 1.29 is 30.3 Å². The predicted molar refractivity (Wildman–Crippen MR) is 203 cm³/mol. The first kappa shape index (κ1) is 46.0. The minimum absolute atomic E-state index is 0.0967. The zero-order valence-electron chi connectivity index (χ0n) is 31.8. The molecule has 1 rings (SSSR count). The third-order valence-electron chi connectivity index (χ3n) is 10.6. The van der Waals surface area contributed by atoms with Crippen LogP contribution in [-0.2, 0) is 4.79 Å². The molecule has 0 saturated heterocycles. The van der Waals surface area contributed by atoms with Crippen molar-refractivity contribution in [2.24, 2.45) is 5.92 Å². The summed E-state index contributed by atoms with van der Waals surface area (Å²) >= 11 is 0. The van der Waals surface area contributed by atoms with Gasteiger partial charge in [0.25, 0.3) is 0 Å². The molecule has 1 aliphatic rings. The van der Waals surface area contributed by atoms with Crippen molar-refractivity contribution in [1.82, 2.24) is 10.6 Å². The zero-order valence-corrected chi connectivity index (χ0v) is 31.8. The summed E-state index contributed by atoms with van der Waals surface area (Å²) in [5, 5.41) is 58.0. The second-order valence-corrected chi connectivity index (χ2v) is 15.1. The SMILES string of the molecule is CCCCCCCCCCCCC/C=C/[C@@H](O)[C@H](CN[C@@H]1C[C@H](CO)[C@@H](O)[C@H](O)[C@H]1O)NC(=O)CCCCCCCCCCCCCCC. The van der Waals surface area contributed by atoms with Gasteiger partial charge in [-0.1, -0.05) is 167 Å². The third-order valence-corrected chi connectivity index (χ3v) is 10.6. The molecule has 0 aliphatic heterocycles. The van der Waals surface area contributed by atoms with Gasteiger partial charge in [-0.3, -0.25) is 4.79 Å². The van der Waals surface area contributed by atoms with E-state index in [0.29, 0.717) is 6.42 Å². The van der Waals surface area contributed by atoms with Crippen LogP contribution in [0.15, 0.2) is 12.2 Å². The van der Waals surface area contributed by atoms with Gasteiger partial charge in [0, 0.05) is 31.5 Å². The number of nitrogens with one attached hydrogen (secondary N) is 2. The van der Waals surface area contributed by atoms with Gasteiger partial charge in [-0.2, -0.15) is 0 Å². The molecule has 1 saturated carbocycles. The number of aliphatic hydroxyl groups is 5. The van der Waals surface area contributed by atoms with Crippen LogP contribution in [-0.4, -0.2) is 81.1 Å². The first-order valence-electron chi connectivity index (χ1n) is 20.9. The van der Waals surface area contributed by atoms with Gasteiger partial charge in [0.2, 0.25) is 5.91 Å². The van der Waals surface area contributed by atoms with Crippen LogP contribution in [0.1, 0.15) is 187 Å². The van der Waals surface area contributed by atoms with E-state index in [1.54, 1.807) is 6.08 Å². The number of carbonyl (C=O) groups is 1. The lowest BCUT2D eigenvalue weighted by Gasteiger charge is -2.41. The second-order valence-electron chi connectivity index (χ2n) is 15.1. The Morgan fingerprint density at radius 2 is 1.10 bits per heavy atom. The van der Waals surface area contributed by atoms with Crippen LogP contribution in [0.25, 0.3) is 0 Å². The van der Waals surface area contributed by atoms with E-state index >= 15 is 0 Å². The first-order valence-corrected chi connectivity index (χ1v) is 20.9. The highest BCUT2D eigenvalue weighted by atomic mass is 16.4. The topological polar surface area (TPSA) is 142 Å². The lowest BCUT2D eigenvalue weighted by Crippen LogP contribution is -2.61. The van der Waals surface area contributed by atoms with Gasteiger partial charge in [0.1, 0.15) is 6.10 Å². The molecule has 0 radical (unpaired) electrons. The molecule has 0 aromatic heterocycles. The average Bonchev–Trinajstić information content (AvgIpc) is 3.10. The smallest absolute Gasteiger partial charge is 0.220 e. The van der Waals surface area contributed by atoms with E-state index in [9.17, 15) is 30.3 Å². The van der Waals surface area contributed by atoms with E-state index in [1.807, 2.05) is 6.08 Å². The van der Waals surface area contributed by atoms with Gasteiger partial charge in [-0.25, -0.2) is 0 Å². The normalized spacial score (nSPS) is 22.5. The molecule has 1 aliphatic carbocycles. The van der Waals surface area contributed by atoms with E-state index < -0.39 is 42.4 Å². The zero-order chi connectivity index (χ0) is 36.0. The van der Waals surface area contributed by atoms with E-state index in [2.05, 4.69) is 24.5 Å². The number of carbonyl (C=O) groups excluding carboxylic acids is 1. The van der Waals surface area contributed by atoms with Gasteiger partial charge in [0.05, 0.1) is 24.4 Å². The molecule has 7 atom stereocenters. The third kappa shape index (κ3) is 23.2. The van der Waals surface area contributed by atoms with Crippen molar-refractivity contribution >= 4 is 5.91 Å². The number of allylic oxidation sites excluding steroid dienone is 1. The Labute approximate surface area is 301 Å². The molecule has 0 spiro atoms. The summed E-state index contributed by atoms with van der Waals surface area (Å²) < 4.78 is 0. The Morgan fingerprint density at radius 3 is 1.57 bits per heavy atom. The Balaban J connectivity index is 2.43. The summed E-state index contributed by atoms with van der Waals surface area (Å²) in [5.74, 6) is -0.657. The highest BCUT2D eigenvalue weighted by Crippen LogP contribution is 2.26. The molecule has 7 N–H and O–H groups in total. The maximum absolute atomic E-state index is 12.9. The summed E-state index contributed by atoms with van der Waals surface area (Å²) in [6.07, 6.45) is 31.1. The van der Waals surface area contributed by atoms with Crippen LogP contribution < -0.4 is 10.6 Å². The molecule has 8 heteroatoms. The van der Waals surface area contributed by atoms with Gasteiger partial charge < -0.3 is 36.2 Å². The quantitative estimate of drug-likeness (QED) is 0.0276. The van der Waals surface area contributed by atoms with Crippen molar-refractivity contribution in [1.29, 1.82) is 0 Å². The van der Waals surface area contributed by atoms with Crippen LogP contribution in [0.3, 0.4) is 0 Å². The number of hydrogen-bond acceptors (Lipinski definition) is 7. The lowest BCUT2D eigenvalue weighted by molar-refractivity contribution is -0.131. The van der Waals surface area contributed by atoms with Crippen molar-refractivity contribution in [2.45, 2.75) is 224 Å². The maximum Gasteiger partial charge on any atom is 0.220 e. The van der Waals surface area contributed by atoms with Crippen molar-refractivity contribution in [3.8, 4) is 0 Å². The summed E-state index contributed by atoms with van der Waals surface area (Å²) in [6.45, 7) is 4.40. The molecule has 0 bridgehead atoms. The van der Waals surface area contributed by atoms with Gasteiger partial charge >= 0.3 is 0 Å². The number of hydrogen-bond donors (Lipinski definition) is 7. The Morgan fingerprint density at radius 1 is 0.653 bits per heavy atom. The van der Waals surface area contributed by atoms with Crippen LogP contribution in [0.2, 0.25) is 0 Å². The molecule has 0 aromatic rings. The van der Waals surface area contributed by atoms with E-state index in [0.717, 1.165) is 32.1 Å². The van der Waals surface area contributed by atoms with Crippen LogP contribution in [0.5, 0.6) is 0 Å². The highest BCUT2D eigenvalue weighted by molar-refractivity contribution is 5.76.